The van der Waals surface area contributed by atoms with Crippen LogP contribution in [0, 0.1) is 12.1 Å². The average molecular weight is 747 g/mol. The summed E-state index contributed by atoms with van der Waals surface area (Å²) in [6, 6.07) is 33.5. The van der Waals surface area contributed by atoms with E-state index in [1.54, 1.807) is 0 Å². The minimum absolute atomic E-state index is 0. The number of hydrogen-bond acceptors (Lipinski definition) is 3. The second-order valence-electron chi connectivity index (χ2n) is 12.2. The summed E-state index contributed by atoms with van der Waals surface area (Å²) in [6.45, 7) is 15.8. The minimum Gasteiger partial charge on any atom is -0.501 e. The zero-order valence-corrected chi connectivity index (χ0v) is 28.8. The summed E-state index contributed by atoms with van der Waals surface area (Å²) in [5.74, 6) is 0.997. The first kappa shape index (κ1) is 31.6. The molecule has 6 aromatic rings. The Morgan fingerprint density at radius 1 is 0.690 bits per heavy atom. The van der Waals surface area contributed by atoms with Crippen LogP contribution >= 0.6 is 0 Å². The van der Waals surface area contributed by atoms with Gasteiger partial charge in [0, 0.05) is 37.9 Å². The Bertz CT molecular complexity index is 1770. The first-order chi connectivity index (χ1) is 19.6. The molecule has 3 aromatic carbocycles. The van der Waals surface area contributed by atoms with Crippen LogP contribution in [-0.4, -0.2) is 18.0 Å². The molecule has 0 aliphatic carbocycles. The Morgan fingerprint density at radius 2 is 1.45 bits per heavy atom. The van der Waals surface area contributed by atoms with Crippen LogP contribution in [0.4, 0.5) is 0 Å². The van der Waals surface area contributed by atoms with Gasteiger partial charge in [0.2, 0.25) is 0 Å². The van der Waals surface area contributed by atoms with Crippen LogP contribution in [0.1, 0.15) is 50.7 Å². The number of aromatic nitrogens is 2. The van der Waals surface area contributed by atoms with Gasteiger partial charge in [-0.3, -0.25) is 0 Å². The predicted molar refractivity (Wildman–Crippen MR) is 175 cm³/mol. The maximum atomic E-state index is 6.46. The van der Waals surface area contributed by atoms with Crippen molar-refractivity contribution in [3.8, 4) is 22.5 Å². The first-order valence-corrected chi connectivity index (χ1v) is 17.9. The summed E-state index contributed by atoms with van der Waals surface area (Å²) in [6.07, 6.45) is 3.83. The van der Waals surface area contributed by atoms with Crippen molar-refractivity contribution in [1.82, 2.24) is 9.97 Å². The third kappa shape index (κ3) is 6.81. The third-order valence-electron chi connectivity index (χ3n) is 7.41. The van der Waals surface area contributed by atoms with Gasteiger partial charge >= 0.3 is 0 Å². The molecule has 0 saturated carbocycles. The first-order valence-electron chi connectivity index (χ1n) is 14.4. The van der Waals surface area contributed by atoms with E-state index >= 15 is 0 Å². The van der Waals surface area contributed by atoms with E-state index in [1.807, 2.05) is 42.7 Å². The fourth-order valence-electron chi connectivity index (χ4n) is 4.95. The largest absolute Gasteiger partial charge is 0.501 e. The molecule has 3 aromatic heterocycles. The summed E-state index contributed by atoms with van der Waals surface area (Å²) < 4.78 is 6.46. The van der Waals surface area contributed by atoms with Crippen molar-refractivity contribution >= 4 is 35.2 Å². The van der Waals surface area contributed by atoms with Gasteiger partial charge in [0.1, 0.15) is 5.58 Å². The summed E-state index contributed by atoms with van der Waals surface area (Å²) >= 11 is 0. The normalized spacial score (nSPS) is 11.5. The molecule has 0 bridgehead atoms. The Hall–Kier alpha value is -3.37. The molecular weight excluding hydrogens is 709 g/mol. The molecule has 0 spiro atoms. The molecule has 0 amide bonds. The van der Waals surface area contributed by atoms with Gasteiger partial charge in [-0.2, -0.15) is 0 Å². The molecule has 0 fully saturated rings. The number of hydrogen-bond donors (Lipinski definition) is 0. The van der Waals surface area contributed by atoms with Gasteiger partial charge in [0.25, 0.3) is 0 Å². The smallest absolute Gasteiger partial charge is 0.120 e. The molecule has 3 heterocycles. The summed E-state index contributed by atoms with van der Waals surface area (Å²) in [4.78, 5) is 9.04. The fraction of sp³-hybridized carbons (Fsp3) is 0.243. The molecule has 0 aliphatic heterocycles. The van der Waals surface area contributed by atoms with Crippen LogP contribution in [0.25, 0.3) is 44.5 Å². The van der Waals surface area contributed by atoms with Gasteiger partial charge in [-0.25, -0.2) is 0 Å². The van der Waals surface area contributed by atoms with E-state index < -0.39 is 8.07 Å². The maximum Gasteiger partial charge on any atom is 0.120 e. The molecule has 0 aliphatic rings. The Morgan fingerprint density at radius 3 is 2.10 bits per heavy atom. The van der Waals surface area contributed by atoms with Crippen molar-refractivity contribution in [3.05, 3.63) is 115 Å². The van der Waals surface area contributed by atoms with Crippen molar-refractivity contribution in [2.75, 3.05) is 0 Å². The van der Waals surface area contributed by atoms with Crippen molar-refractivity contribution in [1.29, 1.82) is 0 Å². The number of benzene rings is 3. The molecule has 42 heavy (non-hydrogen) atoms. The van der Waals surface area contributed by atoms with Gasteiger partial charge in [0.05, 0.1) is 13.7 Å². The quantitative estimate of drug-likeness (QED) is 0.130. The molecule has 6 rings (SSSR count). The second-order valence-corrected chi connectivity index (χ2v) is 17.2. The molecule has 0 atom stereocenters. The van der Waals surface area contributed by atoms with Crippen molar-refractivity contribution in [2.45, 2.75) is 59.2 Å². The van der Waals surface area contributed by atoms with Crippen molar-refractivity contribution in [3.63, 3.8) is 0 Å². The Balaban J connectivity index is 0.000000216. The van der Waals surface area contributed by atoms with E-state index in [0.29, 0.717) is 11.8 Å². The molecule has 0 unspecified atom stereocenters. The van der Waals surface area contributed by atoms with E-state index in [2.05, 4.69) is 118 Å². The SMILES string of the molecule is CC(C)c1ccc(-c2[c-]cccc2)nc1.CC(C)c1ccnc(-c2[c-]ccc3c2oc2c([Si](C)(C)C)cccc23)c1.[Ir]. The van der Waals surface area contributed by atoms with E-state index in [0.717, 1.165) is 39.1 Å². The third-order valence-corrected chi connectivity index (χ3v) is 9.42. The van der Waals surface area contributed by atoms with Crippen LogP contribution in [-0.2, 0) is 20.1 Å². The Kier molecular flexibility index (Phi) is 9.99. The zero-order chi connectivity index (χ0) is 29.1. The summed E-state index contributed by atoms with van der Waals surface area (Å²) in [5.41, 5.74) is 8.38. The summed E-state index contributed by atoms with van der Waals surface area (Å²) in [7, 11) is -1.50. The molecule has 5 heteroatoms. The van der Waals surface area contributed by atoms with Crippen LogP contribution in [0.5, 0.6) is 0 Å². The van der Waals surface area contributed by atoms with E-state index in [4.69, 9.17) is 4.42 Å². The predicted octanol–water partition coefficient (Wildman–Crippen LogP) is 9.79. The maximum absolute atomic E-state index is 6.46. The van der Waals surface area contributed by atoms with Crippen molar-refractivity contribution < 1.29 is 24.5 Å². The fourth-order valence-corrected chi connectivity index (χ4v) is 6.41. The topological polar surface area (TPSA) is 38.9 Å². The van der Waals surface area contributed by atoms with Gasteiger partial charge in [-0.05, 0) is 40.0 Å². The molecule has 3 nitrogen and oxygen atoms in total. The van der Waals surface area contributed by atoms with Gasteiger partial charge in [-0.1, -0.05) is 100 Å². The number of fused-ring (bicyclic) bond motifs is 3. The van der Waals surface area contributed by atoms with Crippen LogP contribution < -0.4 is 5.19 Å². The summed E-state index contributed by atoms with van der Waals surface area (Å²) in [5, 5.41) is 3.70. The van der Waals surface area contributed by atoms with Crippen LogP contribution in [0.3, 0.4) is 0 Å². The average Bonchev–Trinajstić information content (AvgIpc) is 3.36. The molecular formula is C37H38IrN2OSi-2. The number of nitrogens with zero attached hydrogens (tertiary/aromatic N) is 2. The number of para-hydroxylation sites is 1. The van der Waals surface area contributed by atoms with E-state index in [1.165, 1.54) is 21.7 Å². The zero-order valence-electron chi connectivity index (χ0n) is 25.5. The molecule has 1 radical (unpaired) electrons. The minimum atomic E-state index is -1.50. The monoisotopic (exact) mass is 747 g/mol. The number of furan rings is 1. The van der Waals surface area contributed by atoms with E-state index in [9.17, 15) is 0 Å². The van der Waals surface area contributed by atoms with Gasteiger partial charge in [0.15, 0.2) is 0 Å². The van der Waals surface area contributed by atoms with E-state index in [-0.39, 0.29) is 20.1 Å². The Labute approximate surface area is 264 Å². The standard InChI is InChI=1S/C23H24NOSi.C14H14N.Ir/c1-15(2)16-12-13-24-20(14-16)19-10-6-8-17-18-9-7-11-21(26(3,4)5)23(18)25-22(17)19;1-11(2)13-8-9-14(15-10-13)12-6-4-3-5-7-12;/h6-9,11-15H,1-5H3;3-6,8-11H,1-2H3;/q2*-1;. The number of rotatable bonds is 5. The van der Waals surface area contributed by atoms with Crippen LogP contribution in [0.15, 0.2) is 95.7 Å². The van der Waals surface area contributed by atoms with Crippen molar-refractivity contribution in [2.24, 2.45) is 0 Å². The second kappa shape index (κ2) is 13.3. The van der Waals surface area contributed by atoms with Gasteiger partial charge in [-0.15, -0.1) is 54.1 Å². The number of pyridine rings is 2. The molecule has 0 N–H and O–H groups in total. The molecule has 0 saturated heterocycles. The van der Waals surface area contributed by atoms with Gasteiger partial charge < -0.3 is 14.4 Å². The van der Waals surface area contributed by atoms with Crippen LogP contribution in [0.2, 0.25) is 19.6 Å². The molecule has 217 valence electrons.